The molecule has 0 saturated carbocycles. The molecule has 3 N–H and O–H groups in total. The van der Waals surface area contributed by atoms with Gasteiger partial charge in [0, 0.05) is 18.1 Å². The fraction of sp³-hybridized carbons (Fsp3) is 0.0588. The summed E-state index contributed by atoms with van der Waals surface area (Å²) >= 11 is 17.7. The number of rotatable bonds is 4. The van der Waals surface area contributed by atoms with Crippen molar-refractivity contribution in [2.75, 3.05) is 5.73 Å². The Kier molecular flexibility index (Phi) is 5.65. The van der Waals surface area contributed by atoms with Gasteiger partial charge in [-0.05, 0) is 24.6 Å². The topological polar surface area (TPSA) is 98.2 Å². The van der Waals surface area contributed by atoms with Crippen molar-refractivity contribution < 1.29 is 4.79 Å². The molecule has 0 radical (unpaired) electrons. The lowest BCUT2D eigenvalue weighted by atomic mass is 10.1. The molecule has 3 rings (SSSR count). The van der Waals surface area contributed by atoms with Crippen LogP contribution in [0.3, 0.4) is 0 Å². The van der Waals surface area contributed by atoms with Gasteiger partial charge < -0.3 is 10.3 Å². The Balaban J connectivity index is 1.77. The number of imidazole rings is 1. The molecule has 0 atom stereocenters. The number of halogens is 3. The zero-order valence-electron chi connectivity index (χ0n) is 13.9. The normalized spacial score (nSPS) is 11.5. The van der Waals surface area contributed by atoms with Gasteiger partial charge in [-0.15, -0.1) is 0 Å². The molecule has 0 aliphatic rings. The number of hydrogen-bond donors (Lipinski definition) is 2. The summed E-state index contributed by atoms with van der Waals surface area (Å²) < 4.78 is 1.88. The van der Waals surface area contributed by atoms with E-state index in [4.69, 9.17) is 40.5 Å². The third-order valence-corrected chi connectivity index (χ3v) is 4.84. The molecule has 138 valence electrons. The van der Waals surface area contributed by atoms with E-state index in [-0.39, 0.29) is 26.6 Å². The summed E-state index contributed by atoms with van der Waals surface area (Å²) in [6.07, 6.45) is 5.25. The molecule has 2 heterocycles. The molecule has 0 aliphatic carbocycles. The van der Waals surface area contributed by atoms with Crippen molar-refractivity contribution >= 4 is 52.1 Å². The van der Waals surface area contributed by atoms with Gasteiger partial charge in [-0.25, -0.2) is 15.4 Å². The van der Waals surface area contributed by atoms with Crippen molar-refractivity contribution in [2.45, 2.75) is 6.92 Å². The fourth-order valence-corrected chi connectivity index (χ4v) is 2.81. The number of hydrazone groups is 1. The summed E-state index contributed by atoms with van der Waals surface area (Å²) in [6, 6.07) is 7.58. The second-order valence-electron chi connectivity index (χ2n) is 5.45. The lowest BCUT2D eigenvalue weighted by Gasteiger charge is -2.08. The first-order valence-corrected chi connectivity index (χ1v) is 8.75. The average Bonchev–Trinajstić information content (AvgIpc) is 3.22. The molecule has 0 bridgehead atoms. The molecule has 1 aromatic carbocycles. The third kappa shape index (κ3) is 4.05. The predicted octanol–water partition coefficient (Wildman–Crippen LogP) is 3.96. The molecule has 3 aromatic rings. The molecule has 2 aromatic heterocycles. The Hall–Kier alpha value is -2.61. The van der Waals surface area contributed by atoms with E-state index in [9.17, 15) is 4.79 Å². The van der Waals surface area contributed by atoms with Crippen LogP contribution in [-0.2, 0) is 0 Å². The van der Waals surface area contributed by atoms with E-state index in [2.05, 4.69) is 20.5 Å². The quantitative estimate of drug-likeness (QED) is 0.377. The number of carbonyl (C=O) groups is 1. The van der Waals surface area contributed by atoms with Gasteiger partial charge in [-0.3, -0.25) is 4.79 Å². The SMILES string of the molecule is C/C(=N/NC(=O)c1nc(Cl)c(Cl)c(N)c1Cl)c1ccc(-n2ccnc2)cc1. The number of hydrogen-bond acceptors (Lipinski definition) is 5. The Morgan fingerprint density at radius 1 is 1.19 bits per heavy atom. The molecule has 0 saturated heterocycles. The Morgan fingerprint density at radius 3 is 2.52 bits per heavy atom. The van der Waals surface area contributed by atoms with Crippen LogP contribution in [0.25, 0.3) is 5.69 Å². The summed E-state index contributed by atoms with van der Waals surface area (Å²) in [5.41, 5.74) is 10.3. The molecule has 0 unspecified atom stereocenters. The highest BCUT2D eigenvalue weighted by atomic mass is 35.5. The van der Waals surface area contributed by atoms with Crippen LogP contribution in [-0.4, -0.2) is 26.2 Å². The zero-order chi connectivity index (χ0) is 19.6. The van der Waals surface area contributed by atoms with E-state index in [0.29, 0.717) is 5.71 Å². The van der Waals surface area contributed by atoms with Gasteiger partial charge in [0.15, 0.2) is 10.8 Å². The van der Waals surface area contributed by atoms with Crippen LogP contribution < -0.4 is 11.2 Å². The number of amides is 1. The number of nitrogen functional groups attached to an aromatic ring is 1. The van der Waals surface area contributed by atoms with E-state index < -0.39 is 5.91 Å². The van der Waals surface area contributed by atoms with Crippen molar-refractivity contribution in [3.8, 4) is 5.69 Å². The molecular formula is C17H13Cl3N6O. The molecule has 10 heteroatoms. The van der Waals surface area contributed by atoms with Crippen molar-refractivity contribution in [1.82, 2.24) is 20.0 Å². The average molecular weight is 424 g/mol. The van der Waals surface area contributed by atoms with E-state index in [1.807, 2.05) is 35.0 Å². The summed E-state index contributed by atoms with van der Waals surface area (Å²) in [5, 5.41) is 3.87. The van der Waals surface area contributed by atoms with Gasteiger partial charge >= 0.3 is 0 Å². The smallest absolute Gasteiger partial charge is 0.291 e. The van der Waals surface area contributed by atoms with Crippen molar-refractivity contribution in [3.63, 3.8) is 0 Å². The minimum Gasteiger partial charge on any atom is -0.396 e. The van der Waals surface area contributed by atoms with Crippen LogP contribution in [0.2, 0.25) is 15.2 Å². The molecule has 0 fully saturated rings. The maximum absolute atomic E-state index is 12.3. The molecular weight excluding hydrogens is 411 g/mol. The minimum atomic E-state index is -0.653. The zero-order valence-corrected chi connectivity index (χ0v) is 16.2. The van der Waals surface area contributed by atoms with E-state index in [0.717, 1.165) is 11.3 Å². The molecule has 7 nitrogen and oxygen atoms in total. The maximum atomic E-state index is 12.3. The van der Waals surface area contributed by atoms with Crippen molar-refractivity contribution in [2.24, 2.45) is 5.10 Å². The standard InChI is InChI=1S/C17H13Cl3N6O/c1-9(10-2-4-11(5-3-10)26-7-6-22-8-26)24-25-17(27)15-12(18)14(21)13(19)16(20)23-15/h2-8H,1H3,(H2,21,23)(H,25,27)/b24-9-. The second kappa shape index (κ2) is 7.96. The number of nitrogens with two attached hydrogens (primary N) is 1. The highest BCUT2D eigenvalue weighted by Gasteiger charge is 2.19. The molecule has 1 amide bonds. The van der Waals surface area contributed by atoms with Crippen LogP contribution in [0.1, 0.15) is 23.0 Å². The van der Waals surface area contributed by atoms with Gasteiger partial charge in [0.2, 0.25) is 0 Å². The molecule has 27 heavy (non-hydrogen) atoms. The first kappa shape index (κ1) is 19.2. The van der Waals surface area contributed by atoms with Crippen LogP contribution in [0.5, 0.6) is 0 Å². The highest BCUT2D eigenvalue weighted by Crippen LogP contribution is 2.34. The van der Waals surface area contributed by atoms with Gasteiger partial charge in [0.1, 0.15) is 5.02 Å². The number of carbonyl (C=O) groups excluding carboxylic acids is 1. The molecule has 0 aliphatic heterocycles. The lowest BCUT2D eigenvalue weighted by molar-refractivity contribution is 0.0950. The highest BCUT2D eigenvalue weighted by molar-refractivity contribution is 6.46. The fourth-order valence-electron chi connectivity index (χ4n) is 2.22. The van der Waals surface area contributed by atoms with E-state index in [1.165, 1.54) is 0 Å². The van der Waals surface area contributed by atoms with Gasteiger partial charge in [0.25, 0.3) is 5.91 Å². The monoisotopic (exact) mass is 422 g/mol. The summed E-state index contributed by atoms with van der Waals surface area (Å²) in [4.78, 5) is 20.2. The Bertz CT molecular complexity index is 1020. The largest absolute Gasteiger partial charge is 0.396 e. The number of pyridine rings is 1. The molecule has 0 spiro atoms. The van der Waals surface area contributed by atoms with E-state index >= 15 is 0 Å². The number of nitrogens with zero attached hydrogens (tertiary/aromatic N) is 4. The first-order chi connectivity index (χ1) is 12.9. The van der Waals surface area contributed by atoms with Crippen LogP contribution in [0.4, 0.5) is 5.69 Å². The lowest BCUT2D eigenvalue weighted by Crippen LogP contribution is -2.21. The summed E-state index contributed by atoms with van der Waals surface area (Å²) in [5.74, 6) is -0.653. The summed E-state index contributed by atoms with van der Waals surface area (Å²) in [6.45, 7) is 1.75. The summed E-state index contributed by atoms with van der Waals surface area (Å²) in [7, 11) is 0. The van der Waals surface area contributed by atoms with Gasteiger partial charge in [-0.1, -0.05) is 46.9 Å². The third-order valence-electron chi connectivity index (χ3n) is 3.70. The van der Waals surface area contributed by atoms with Crippen LogP contribution in [0, 0.1) is 0 Å². The second-order valence-corrected chi connectivity index (χ2v) is 6.56. The predicted molar refractivity (Wildman–Crippen MR) is 107 cm³/mol. The Morgan fingerprint density at radius 2 is 1.89 bits per heavy atom. The number of nitrogens with one attached hydrogen (secondary N) is 1. The maximum Gasteiger partial charge on any atom is 0.291 e. The van der Waals surface area contributed by atoms with E-state index in [1.54, 1.807) is 19.4 Å². The van der Waals surface area contributed by atoms with Crippen molar-refractivity contribution in [3.05, 3.63) is 69.4 Å². The van der Waals surface area contributed by atoms with Gasteiger partial charge in [0.05, 0.1) is 22.7 Å². The Labute approximate surface area is 169 Å². The first-order valence-electron chi connectivity index (χ1n) is 7.62. The minimum absolute atomic E-state index is 0.00381. The number of aromatic nitrogens is 3. The van der Waals surface area contributed by atoms with Crippen LogP contribution in [0.15, 0.2) is 48.1 Å². The number of anilines is 1. The number of benzene rings is 1. The van der Waals surface area contributed by atoms with Crippen LogP contribution >= 0.6 is 34.8 Å². The van der Waals surface area contributed by atoms with Crippen molar-refractivity contribution in [1.29, 1.82) is 0 Å². The van der Waals surface area contributed by atoms with Gasteiger partial charge in [-0.2, -0.15) is 5.10 Å².